The highest BCUT2D eigenvalue weighted by atomic mass is 16.6. The minimum atomic E-state index is -0.154. The van der Waals surface area contributed by atoms with E-state index in [1.165, 1.54) is 0 Å². The van der Waals surface area contributed by atoms with Crippen LogP contribution in [0.5, 0.6) is 11.5 Å². The molecule has 0 saturated carbocycles. The van der Waals surface area contributed by atoms with E-state index in [4.69, 9.17) is 9.47 Å². The molecule has 1 aliphatic heterocycles. The van der Waals surface area contributed by atoms with E-state index in [0.29, 0.717) is 18.8 Å². The highest BCUT2D eigenvalue weighted by Crippen LogP contribution is 2.32. The number of nitrogens with one attached hydrogen (secondary N) is 1. The first-order chi connectivity index (χ1) is 13.5. The van der Waals surface area contributed by atoms with Crippen LogP contribution in [0.15, 0.2) is 48.5 Å². The van der Waals surface area contributed by atoms with Crippen molar-refractivity contribution in [2.24, 2.45) is 0 Å². The Balaban J connectivity index is 1.46. The van der Waals surface area contributed by atoms with Crippen LogP contribution in [0.3, 0.4) is 0 Å². The van der Waals surface area contributed by atoms with Crippen LogP contribution in [0.2, 0.25) is 0 Å². The second-order valence-electron chi connectivity index (χ2n) is 6.98. The summed E-state index contributed by atoms with van der Waals surface area (Å²) in [5.74, 6) is 1.34. The Bertz CT molecular complexity index is 1010. The number of carbonyl (C=O) groups is 1. The van der Waals surface area contributed by atoms with Gasteiger partial charge in [-0.3, -0.25) is 4.79 Å². The molecule has 2 aromatic carbocycles. The van der Waals surface area contributed by atoms with Crippen molar-refractivity contribution in [1.82, 2.24) is 15.1 Å². The van der Waals surface area contributed by atoms with Crippen molar-refractivity contribution < 1.29 is 14.3 Å². The number of hydrogen-bond acceptors (Lipinski definition) is 4. The summed E-state index contributed by atoms with van der Waals surface area (Å²) in [5, 5.41) is 7.51. The molecule has 0 spiro atoms. The molecule has 3 aromatic rings. The second kappa shape index (κ2) is 7.38. The SMILES string of the molecule is Cc1cc(C)n(-c2ccc(C(=O)NC(C)c3ccc4c(c3)OCCO4)cc2)n1. The van der Waals surface area contributed by atoms with E-state index < -0.39 is 0 Å². The largest absolute Gasteiger partial charge is 0.486 e. The quantitative estimate of drug-likeness (QED) is 0.752. The van der Waals surface area contributed by atoms with Crippen molar-refractivity contribution >= 4 is 5.91 Å². The smallest absolute Gasteiger partial charge is 0.251 e. The lowest BCUT2D eigenvalue weighted by atomic mass is 10.1. The van der Waals surface area contributed by atoms with E-state index >= 15 is 0 Å². The predicted molar refractivity (Wildman–Crippen MR) is 106 cm³/mol. The van der Waals surface area contributed by atoms with Gasteiger partial charge in [0, 0.05) is 11.3 Å². The third-order valence-corrected chi connectivity index (χ3v) is 4.80. The van der Waals surface area contributed by atoms with Crippen molar-refractivity contribution in [3.05, 3.63) is 71.0 Å². The van der Waals surface area contributed by atoms with Crippen LogP contribution in [0, 0.1) is 13.8 Å². The van der Waals surface area contributed by atoms with Crippen molar-refractivity contribution in [2.75, 3.05) is 13.2 Å². The Morgan fingerprint density at radius 1 is 1.04 bits per heavy atom. The van der Waals surface area contributed by atoms with Crippen LogP contribution >= 0.6 is 0 Å². The van der Waals surface area contributed by atoms with Gasteiger partial charge in [0.25, 0.3) is 5.91 Å². The summed E-state index contributed by atoms with van der Waals surface area (Å²) >= 11 is 0. The number of ether oxygens (including phenoxy) is 2. The highest BCUT2D eigenvalue weighted by Gasteiger charge is 2.16. The van der Waals surface area contributed by atoms with Gasteiger partial charge in [0.15, 0.2) is 11.5 Å². The molecule has 28 heavy (non-hydrogen) atoms. The number of fused-ring (bicyclic) bond motifs is 1. The number of carbonyl (C=O) groups excluding carboxylic acids is 1. The number of hydrogen-bond donors (Lipinski definition) is 1. The van der Waals surface area contributed by atoms with Gasteiger partial charge in [-0.15, -0.1) is 0 Å². The van der Waals surface area contributed by atoms with E-state index in [0.717, 1.165) is 34.1 Å². The summed E-state index contributed by atoms with van der Waals surface area (Å²) < 4.78 is 13.0. The predicted octanol–water partition coefficient (Wildman–Crippen LogP) is 3.75. The summed E-state index contributed by atoms with van der Waals surface area (Å²) in [6.45, 7) is 7.03. The maximum atomic E-state index is 12.6. The molecule has 4 rings (SSSR count). The molecule has 6 nitrogen and oxygen atoms in total. The van der Waals surface area contributed by atoms with Crippen molar-refractivity contribution in [2.45, 2.75) is 26.8 Å². The van der Waals surface area contributed by atoms with Crippen LogP contribution < -0.4 is 14.8 Å². The first-order valence-electron chi connectivity index (χ1n) is 9.35. The van der Waals surface area contributed by atoms with Crippen LogP contribution in [-0.4, -0.2) is 28.9 Å². The fraction of sp³-hybridized carbons (Fsp3) is 0.273. The number of aromatic nitrogens is 2. The third kappa shape index (κ3) is 3.58. The van der Waals surface area contributed by atoms with Crippen LogP contribution in [0.4, 0.5) is 0 Å². The summed E-state index contributed by atoms with van der Waals surface area (Å²) in [5.41, 5.74) is 4.53. The zero-order valence-electron chi connectivity index (χ0n) is 16.2. The van der Waals surface area contributed by atoms with E-state index in [2.05, 4.69) is 10.4 Å². The van der Waals surface area contributed by atoms with Crippen LogP contribution in [-0.2, 0) is 0 Å². The lowest BCUT2D eigenvalue weighted by molar-refractivity contribution is 0.0939. The van der Waals surface area contributed by atoms with Gasteiger partial charge in [-0.25, -0.2) is 4.68 Å². The molecule has 1 aromatic heterocycles. The Morgan fingerprint density at radius 3 is 2.43 bits per heavy atom. The van der Waals surface area contributed by atoms with E-state index in [1.54, 1.807) is 0 Å². The molecule has 0 aliphatic carbocycles. The minimum absolute atomic E-state index is 0.123. The van der Waals surface area contributed by atoms with Gasteiger partial charge in [0.1, 0.15) is 13.2 Å². The molecule has 2 heterocycles. The summed E-state index contributed by atoms with van der Waals surface area (Å²) in [7, 11) is 0. The molecule has 1 amide bonds. The molecule has 1 atom stereocenters. The van der Waals surface area contributed by atoms with Gasteiger partial charge in [-0.05, 0) is 68.8 Å². The first-order valence-corrected chi connectivity index (χ1v) is 9.35. The van der Waals surface area contributed by atoms with E-state index in [1.807, 2.05) is 74.0 Å². The molecule has 1 unspecified atom stereocenters. The Morgan fingerprint density at radius 2 is 1.75 bits per heavy atom. The van der Waals surface area contributed by atoms with Crippen molar-refractivity contribution in [3.63, 3.8) is 0 Å². The molecule has 0 radical (unpaired) electrons. The molecular weight excluding hydrogens is 354 g/mol. The maximum Gasteiger partial charge on any atom is 0.251 e. The lowest BCUT2D eigenvalue weighted by Gasteiger charge is -2.21. The molecule has 0 saturated heterocycles. The molecule has 144 valence electrons. The minimum Gasteiger partial charge on any atom is -0.486 e. The molecule has 1 N–H and O–H groups in total. The van der Waals surface area contributed by atoms with Gasteiger partial charge in [-0.1, -0.05) is 6.07 Å². The topological polar surface area (TPSA) is 65.4 Å². The number of nitrogens with zero attached hydrogens (tertiary/aromatic N) is 2. The van der Waals surface area contributed by atoms with Gasteiger partial charge in [0.05, 0.1) is 17.4 Å². The zero-order chi connectivity index (χ0) is 19.7. The standard InChI is InChI=1S/C22H23N3O3/c1-14-12-15(2)25(24-14)19-7-4-17(5-8-19)22(26)23-16(3)18-6-9-20-21(13-18)28-11-10-27-20/h4-9,12-13,16H,10-11H2,1-3H3,(H,23,26). The van der Waals surface area contributed by atoms with Crippen LogP contribution in [0.25, 0.3) is 5.69 Å². The normalized spacial score (nSPS) is 13.8. The molecule has 6 heteroatoms. The van der Waals surface area contributed by atoms with E-state index in [-0.39, 0.29) is 11.9 Å². The monoisotopic (exact) mass is 377 g/mol. The first kappa shape index (κ1) is 18.1. The number of benzene rings is 2. The molecule has 1 aliphatic rings. The van der Waals surface area contributed by atoms with Gasteiger partial charge in [-0.2, -0.15) is 5.10 Å². The Labute approximate surface area is 164 Å². The summed E-state index contributed by atoms with van der Waals surface area (Å²) in [6, 6.07) is 15.1. The third-order valence-electron chi connectivity index (χ3n) is 4.80. The van der Waals surface area contributed by atoms with Gasteiger partial charge >= 0.3 is 0 Å². The Kier molecular flexibility index (Phi) is 4.77. The average Bonchev–Trinajstić information content (AvgIpc) is 3.05. The number of amides is 1. The van der Waals surface area contributed by atoms with Crippen molar-refractivity contribution in [1.29, 1.82) is 0 Å². The molecule has 0 bridgehead atoms. The van der Waals surface area contributed by atoms with Gasteiger partial charge < -0.3 is 14.8 Å². The Hall–Kier alpha value is -3.28. The van der Waals surface area contributed by atoms with E-state index in [9.17, 15) is 4.79 Å². The molecule has 0 fully saturated rings. The summed E-state index contributed by atoms with van der Waals surface area (Å²) in [4.78, 5) is 12.6. The second-order valence-corrected chi connectivity index (χ2v) is 6.98. The fourth-order valence-corrected chi connectivity index (χ4v) is 3.34. The maximum absolute atomic E-state index is 12.6. The lowest BCUT2D eigenvalue weighted by Crippen LogP contribution is -2.26. The van der Waals surface area contributed by atoms with Crippen LogP contribution in [0.1, 0.15) is 40.3 Å². The van der Waals surface area contributed by atoms with Crippen molar-refractivity contribution in [3.8, 4) is 17.2 Å². The number of aryl methyl sites for hydroxylation is 2. The van der Waals surface area contributed by atoms with Gasteiger partial charge in [0.2, 0.25) is 0 Å². The zero-order valence-corrected chi connectivity index (χ0v) is 16.2. The summed E-state index contributed by atoms with van der Waals surface area (Å²) in [6.07, 6.45) is 0. The number of rotatable bonds is 4. The molecular formula is C22H23N3O3. The fourth-order valence-electron chi connectivity index (χ4n) is 3.34. The average molecular weight is 377 g/mol. The highest BCUT2D eigenvalue weighted by molar-refractivity contribution is 5.94.